The van der Waals surface area contributed by atoms with Crippen LogP contribution in [0.1, 0.15) is 19.3 Å². The Kier molecular flexibility index (Phi) is 4.62. The number of hydrogen-bond acceptors (Lipinski definition) is 4. The highest BCUT2D eigenvalue weighted by Gasteiger charge is 2.48. The van der Waals surface area contributed by atoms with Crippen LogP contribution in [-0.2, 0) is 14.4 Å². The molecular formula is C21H20N2O4. The Morgan fingerprint density at radius 1 is 0.963 bits per heavy atom. The van der Waals surface area contributed by atoms with Gasteiger partial charge in [0, 0.05) is 17.6 Å². The normalized spacial score (nSPS) is 24.1. The molecule has 1 aliphatic carbocycles. The van der Waals surface area contributed by atoms with E-state index in [9.17, 15) is 14.4 Å². The Labute approximate surface area is 156 Å². The number of ether oxygens (including phenoxy) is 1. The molecule has 0 spiro atoms. The van der Waals surface area contributed by atoms with E-state index in [4.69, 9.17) is 4.74 Å². The van der Waals surface area contributed by atoms with Gasteiger partial charge in [0.1, 0.15) is 11.5 Å². The van der Waals surface area contributed by atoms with Crippen LogP contribution in [0, 0.1) is 11.8 Å². The molecule has 6 nitrogen and oxygen atoms in total. The molecule has 2 fully saturated rings. The van der Waals surface area contributed by atoms with Crippen LogP contribution in [-0.4, -0.2) is 23.6 Å². The van der Waals surface area contributed by atoms with E-state index in [2.05, 4.69) is 10.6 Å². The lowest BCUT2D eigenvalue weighted by Crippen LogP contribution is -2.56. The summed E-state index contributed by atoms with van der Waals surface area (Å²) in [6.45, 7) is 0. The first kappa shape index (κ1) is 17.3. The number of rotatable bonds is 4. The van der Waals surface area contributed by atoms with Crippen molar-refractivity contribution < 1.29 is 19.1 Å². The molecule has 0 radical (unpaired) electrons. The number of hydrogen-bond donors (Lipinski definition) is 2. The van der Waals surface area contributed by atoms with Gasteiger partial charge in [-0.15, -0.1) is 0 Å². The van der Waals surface area contributed by atoms with Crippen molar-refractivity contribution in [2.45, 2.75) is 25.3 Å². The van der Waals surface area contributed by atoms with Gasteiger partial charge in [0.25, 0.3) is 0 Å². The zero-order valence-electron chi connectivity index (χ0n) is 14.7. The number of nitrogens with one attached hydrogen (secondary N) is 2. The summed E-state index contributed by atoms with van der Waals surface area (Å²) in [6.07, 6.45) is 2.44. The highest BCUT2D eigenvalue weighted by molar-refractivity contribution is 6.23. The largest absolute Gasteiger partial charge is 0.457 e. The molecule has 1 saturated carbocycles. The molecule has 0 aromatic heterocycles. The van der Waals surface area contributed by atoms with Gasteiger partial charge in [-0.3, -0.25) is 14.4 Å². The number of ketones is 1. The molecule has 1 aliphatic heterocycles. The van der Waals surface area contributed by atoms with Crippen LogP contribution >= 0.6 is 0 Å². The maximum absolute atomic E-state index is 12.6. The quantitative estimate of drug-likeness (QED) is 0.817. The fraction of sp³-hybridized carbons (Fsp3) is 0.286. The van der Waals surface area contributed by atoms with Crippen molar-refractivity contribution >= 4 is 23.3 Å². The van der Waals surface area contributed by atoms with Crippen molar-refractivity contribution in [1.82, 2.24) is 5.32 Å². The predicted octanol–water partition coefficient (Wildman–Crippen LogP) is 2.90. The molecule has 2 aromatic rings. The summed E-state index contributed by atoms with van der Waals surface area (Å²) in [4.78, 5) is 37.3. The third-order valence-electron chi connectivity index (χ3n) is 5.12. The second kappa shape index (κ2) is 7.23. The number of fused-ring (bicyclic) bond motifs is 1. The highest BCUT2D eigenvalue weighted by Crippen LogP contribution is 2.32. The number of para-hydroxylation sites is 1. The smallest absolute Gasteiger partial charge is 0.244 e. The second-order valence-electron chi connectivity index (χ2n) is 6.92. The highest BCUT2D eigenvalue weighted by atomic mass is 16.5. The second-order valence-corrected chi connectivity index (χ2v) is 6.92. The molecular weight excluding hydrogens is 344 g/mol. The molecule has 2 amide bonds. The Balaban J connectivity index is 1.42. The Bertz CT molecular complexity index is 864. The summed E-state index contributed by atoms with van der Waals surface area (Å²) in [5.41, 5.74) is 0.509. The summed E-state index contributed by atoms with van der Waals surface area (Å²) >= 11 is 0. The lowest BCUT2D eigenvalue weighted by atomic mass is 9.84. The Morgan fingerprint density at radius 2 is 1.67 bits per heavy atom. The van der Waals surface area contributed by atoms with E-state index in [0.29, 0.717) is 17.2 Å². The van der Waals surface area contributed by atoms with E-state index >= 15 is 0 Å². The molecule has 2 aromatic carbocycles. The number of benzene rings is 2. The molecule has 2 aliphatic rings. The first-order valence-corrected chi connectivity index (χ1v) is 9.10. The van der Waals surface area contributed by atoms with Crippen molar-refractivity contribution in [2.24, 2.45) is 11.8 Å². The fourth-order valence-electron chi connectivity index (χ4n) is 3.78. The number of Topliss-reactive ketones (excluding diaryl/α,β-unsaturated/α-hetero) is 1. The maximum atomic E-state index is 12.6. The van der Waals surface area contributed by atoms with E-state index in [1.165, 1.54) is 0 Å². The van der Waals surface area contributed by atoms with Crippen molar-refractivity contribution in [3.63, 3.8) is 0 Å². The van der Waals surface area contributed by atoms with E-state index < -0.39 is 17.7 Å². The van der Waals surface area contributed by atoms with Gasteiger partial charge in [-0.1, -0.05) is 24.6 Å². The summed E-state index contributed by atoms with van der Waals surface area (Å²) < 4.78 is 5.71. The molecule has 6 heteroatoms. The first-order chi connectivity index (χ1) is 13.1. The van der Waals surface area contributed by atoms with E-state index in [1.807, 2.05) is 30.3 Å². The third kappa shape index (κ3) is 3.56. The van der Waals surface area contributed by atoms with Gasteiger partial charge in [0.05, 0.1) is 0 Å². The monoisotopic (exact) mass is 364 g/mol. The number of carbonyl (C=O) groups excluding carboxylic acids is 3. The molecule has 2 N–H and O–H groups in total. The minimum Gasteiger partial charge on any atom is -0.457 e. The van der Waals surface area contributed by atoms with Crippen molar-refractivity contribution in [2.75, 3.05) is 5.32 Å². The average Bonchev–Trinajstić information content (AvgIpc) is 3.13. The Morgan fingerprint density at radius 3 is 2.41 bits per heavy atom. The topological polar surface area (TPSA) is 84.5 Å². The van der Waals surface area contributed by atoms with Gasteiger partial charge in [0.15, 0.2) is 11.7 Å². The lowest BCUT2D eigenvalue weighted by Gasteiger charge is -2.30. The summed E-state index contributed by atoms with van der Waals surface area (Å²) in [6, 6.07) is 16.1. The van der Waals surface area contributed by atoms with Crippen LogP contribution in [0.4, 0.5) is 5.69 Å². The molecule has 27 heavy (non-hydrogen) atoms. The van der Waals surface area contributed by atoms with Crippen LogP contribution in [0.2, 0.25) is 0 Å². The number of piperidine rings is 1. The molecule has 138 valence electrons. The van der Waals surface area contributed by atoms with Crippen LogP contribution < -0.4 is 15.4 Å². The number of anilines is 1. The summed E-state index contributed by atoms with van der Waals surface area (Å²) in [5.74, 6) is -1.51. The molecule has 1 heterocycles. The van der Waals surface area contributed by atoms with Crippen molar-refractivity contribution in [1.29, 1.82) is 0 Å². The number of carbonyl (C=O) groups is 3. The van der Waals surface area contributed by atoms with Gasteiger partial charge >= 0.3 is 0 Å². The predicted molar refractivity (Wildman–Crippen MR) is 99.4 cm³/mol. The average molecular weight is 364 g/mol. The molecule has 0 bridgehead atoms. The van der Waals surface area contributed by atoms with Crippen LogP contribution in [0.25, 0.3) is 0 Å². The Hall–Kier alpha value is -3.15. The lowest BCUT2D eigenvalue weighted by molar-refractivity contribution is -0.145. The van der Waals surface area contributed by atoms with Gasteiger partial charge in [0.2, 0.25) is 11.8 Å². The van der Waals surface area contributed by atoms with Crippen LogP contribution in [0.5, 0.6) is 11.5 Å². The van der Waals surface area contributed by atoms with Gasteiger partial charge in [-0.2, -0.15) is 0 Å². The SMILES string of the molecule is O=C(Nc1ccc(Oc2ccccc2)cc1)C1C(=O)N[C@H]2CCC[C@H]2C1=O. The molecule has 4 rings (SSSR count). The molecule has 1 saturated heterocycles. The summed E-state index contributed by atoms with van der Waals surface area (Å²) in [5, 5.41) is 5.49. The fourth-order valence-corrected chi connectivity index (χ4v) is 3.78. The zero-order valence-corrected chi connectivity index (χ0v) is 14.7. The minimum absolute atomic E-state index is 0.108. The van der Waals surface area contributed by atoms with Crippen LogP contribution in [0.15, 0.2) is 54.6 Å². The number of amides is 2. The molecule has 3 atom stereocenters. The van der Waals surface area contributed by atoms with Crippen molar-refractivity contribution in [3.8, 4) is 11.5 Å². The minimum atomic E-state index is -1.27. The van der Waals surface area contributed by atoms with Crippen molar-refractivity contribution in [3.05, 3.63) is 54.6 Å². The van der Waals surface area contributed by atoms with Crippen LogP contribution in [0.3, 0.4) is 0 Å². The van der Waals surface area contributed by atoms with E-state index in [1.54, 1.807) is 24.3 Å². The van der Waals surface area contributed by atoms with E-state index in [-0.39, 0.29) is 17.7 Å². The van der Waals surface area contributed by atoms with Gasteiger partial charge in [-0.05, 0) is 49.2 Å². The maximum Gasteiger partial charge on any atom is 0.244 e. The summed E-state index contributed by atoms with van der Waals surface area (Å²) in [7, 11) is 0. The standard InChI is InChI=1S/C21H20N2O4/c24-19-16-7-4-8-17(16)23-21(26)18(19)20(25)22-13-9-11-15(12-10-13)27-14-5-2-1-3-6-14/h1-3,5-6,9-12,16-18H,4,7-8H2,(H,22,25)(H,23,26)/t16-,17+,18?/m1/s1. The first-order valence-electron chi connectivity index (χ1n) is 9.10. The third-order valence-corrected chi connectivity index (χ3v) is 5.12. The van der Waals surface area contributed by atoms with Gasteiger partial charge < -0.3 is 15.4 Å². The van der Waals surface area contributed by atoms with Gasteiger partial charge in [-0.25, -0.2) is 0 Å². The zero-order chi connectivity index (χ0) is 18.8. The molecule has 1 unspecified atom stereocenters. The van der Waals surface area contributed by atoms with E-state index in [0.717, 1.165) is 19.3 Å².